The molecule has 0 saturated heterocycles. The number of thiazole rings is 1. The average molecular weight is 267 g/mol. The van der Waals surface area contributed by atoms with Gasteiger partial charge in [0.1, 0.15) is 5.01 Å². The highest BCUT2D eigenvalue weighted by Gasteiger charge is 2.13. The van der Waals surface area contributed by atoms with E-state index in [1.165, 1.54) is 6.20 Å². The SMILES string of the molecule is Cc1nc(CC(=O)c2ccncc2Cl)sc1C. The molecule has 0 aliphatic heterocycles. The summed E-state index contributed by atoms with van der Waals surface area (Å²) in [4.78, 5) is 21.4. The van der Waals surface area contributed by atoms with Gasteiger partial charge in [0.15, 0.2) is 5.78 Å². The summed E-state index contributed by atoms with van der Waals surface area (Å²) >= 11 is 7.47. The third-order valence-corrected chi connectivity index (χ3v) is 3.83. The lowest BCUT2D eigenvalue weighted by Crippen LogP contribution is -2.04. The predicted octanol–water partition coefficient (Wildman–Crippen LogP) is 3.23. The van der Waals surface area contributed by atoms with Gasteiger partial charge in [-0.05, 0) is 19.9 Å². The van der Waals surface area contributed by atoms with Gasteiger partial charge in [-0.3, -0.25) is 9.78 Å². The summed E-state index contributed by atoms with van der Waals surface area (Å²) in [5.74, 6) is -0.0221. The number of aromatic nitrogens is 2. The molecule has 0 saturated carbocycles. The van der Waals surface area contributed by atoms with Crippen LogP contribution in [0.15, 0.2) is 18.5 Å². The van der Waals surface area contributed by atoms with Crippen LogP contribution in [0, 0.1) is 13.8 Å². The van der Waals surface area contributed by atoms with Gasteiger partial charge >= 0.3 is 0 Å². The minimum Gasteiger partial charge on any atom is -0.294 e. The standard InChI is InChI=1S/C12H11ClN2OS/c1-7-8(2)17-12(15-7)5-11(16)9-3-4-14-6-10(9)13/h3-4,6H,5H2,1-2H3. The van der Waals surface area contributed by atoms with Crippen LogP contribution in [0.25, 0.3) is 0 Å². The molecule has 2 aromatic rings. The highest BCUT2D eigenvalue weighted by Crippen LogP contribution is 2.20. The van der Waals surface area contributed by atoms with E-state index in [0.717, 1.165) is 15.6 Å². The van der Waals surface area contributed by atoms with Gasteiger partial charge in [-0.1, -0.05) is 11.6 Å². The lowest BCUT2D eigenvalue weighted by molar-refractivity contribution is 0.0993. The molecule has 3 nitrogen and oxygen atoms in total. The van der Waals surface area contributed by atoms with Crippen molar-refractivity contribution in [1.82, 2.24) is 9.97 Å². The number of rotatable bonds is 3. The van der Waals surface area contributed by atoms with E-state index in [2.05, 4.69) is 9.97 Å². The van der Waals surface area contributed by atoms with Crippen LogP contribution in [0.2, 0.25) is 5.02 Å². The van der Waals surface area contributed by atoms with E-state index >= 15 is 0 Å². The van der Waals surface area contributed by atoms with Crippen molar-refractivity contribution in [2.24, 2.45) is 0 Å². The Morgan fingerprint density at radius 2 is 2.24 bits per heavy atom. The second-order valence-electron chi connectivity index (χ2n) is 3.70. The van der Waals surface area contributed by atoms with Crippen LogP contribution in [0.1, 0.15) is 25.9 Å². The molecule has 17 heavy (non-hydrogen) atoms. The fraction of sp³-hybridized carbons (Fsp3) is 0.250. The first-order chi connectivity index (χ1) is 8.08. The van der Waals surface area contributed by atoms with Gasteiger partial charge in [0.2, 0.25) is 0 Å². The molecule has 0 fully saturated rings. The minimum absolute atomic E-state index is 0.0221. The maximum atomic E-state index is 12.0. The van der Waals surface area contributed by atoms with Gasteiger partial charge in [0.25, 0.3) is 0 Å². The van der Waals surface area contributed by atoms with Crippen molar-refractivity contribution in [3.8, 4) is 0 Å². The Bertz CT molecular complexity index is 546. The average Bonchev–Trinajstić information content (AvgIpc) is 2.58. The van der Waals surface area contributed by atoms with E-state index in [1.54, 1.807) is 23.6 Å². The summed E-state index contributed by atoms with van der Waals surface area (Å²) in [6.07, 6.45) is 3.34. The van der Waals surface area contributed by atoms with Gasteiger partial charge < -0.3 is 0 Å². The second kappa shape index (κ2) is 4.94. The number of ketones is 1. The Balaban J connectivity index is 2.20. The smallest absolute Gasteiger partial charge is 0.171 e. The molecular weight excluding hydrogens is 256 g/mol. The molecule has 0 aliphatic carbocycles. The zero-order valence-electron chi connectivity index (χ0n) is 9.53. The van der Waals surface area contributed by atoms with Crippen LogP contribution in [-0.4, -0.2) is 15.8 Å². The molecule has 5 heteroatoms. The summed E-state index contributed by atoms with van der Waals surface area (Å²) in [5, 5.41) is 1.22. The Morgan fingerprint density at radius 3 is 2.82 bits per heavy atom. The molecule has 0 unspecified atom stereocenters. The van der Waals surface area contributed by atoms with Gasteiger partial charge in [0, 0.05) is 22.8 Å². The van der Waals surface area contributed by atoms with Crippen LogP contribution in [0.4, 0.5) is 0 Å². The van der Waals surface area contributed by atoms with E-state index in [1.807, 2.05) is 13.8 Å². The normalized spacial score (nSPS) is 10.5. The van der Waals surface area contributed by atoms with E-state index in [0.29, 0.717) is 17.0 Å². The summed E-state index contributed by atoms with van der Waals surface area (Å²) in [7, 11) is 0. The maximum Gasteiger partial charge on any atom is 0.171 e. The Hall–Kier alpha value is -1.26. The molecule has 0 amide bonds. The predicted molar refractivity (Wildman–Crippen MR) is 68.9 cm³/mol. The second-order valence-corrected chi connectivity index (χ2v) is 5.40. The molecule has 2 heterocycles. The maximum absolute atomic E-state index is 12.0. The number of pyridine rings is 1. The lowest BCUT2D eigenvalue weighted by Gasteiger charge is -2.00. The topological polar surface area (TPSA) is 42.9 Å². The van der Waals surface area contributed by atoms with Gasteiger partial charge in [0.05, 0.1) is 17.1 Å². The van der Waals surface area contributed by atoms with Gasteiger partial charge in [-0.25, -0.2) is 4.98 Å². The zero-order valence-corrected chi connectivity index (χ0v) is 11.1. The number of hydrogen-bond donors (Lipinski definition) is 0. The van der Waals surface area contributed by atoms with Crippen molar-refractivity contribution < 1.29 is 4.79 Å². The van der Waals surface area contributed by atoms with E-state index < -0.39 is 0 Å². The van der Waals surface area contributed by atoms with Crippen molar-refractivity contribution in [2.45, 2.75) is 20.3 Å². The van der Waals surface area contributed by atoms with Gasteiger partial charge in [-0.15, -0.1) is 11.3 Å². The van der Waals surface area contributed by atoms with E-state index in [9.17, 15) is 4.79 Å². The fourth-order valence-electron chi connectivity index (χ4n) is 1.45. The molecular formula is C12H11ClN2OS. The molecule has 0 aliphatic rings. The number of halogens is 1. The highest BCUT2D eigenvalue weighted by atomic mass is 35.5. The monoisotopic (exact) mass is 266 g/mol. The molecule has 0 spiro atoms. The number of carbonyl (C=O) groups is 1. The van der Waals surface area contributed by atoms with Crippen LogP contribution in [0.3, 0.4) is 0 Å². The first-order valence-electron chi connectivity index (χ1n) is 5.13. The lowest BCUT2D eigenvalue weighted by atomic mass is 10.1. The van der Waals surface area contributed by atoms with Crippen molar-refractivity contribution in [1.29, 1.82) is 0 Å². The molecule has 0 radical (unpaired) electrons. The van der Waals surface area contributed by atoms with Crippen molar-refractivity contribution >= 4 is 28.7 Å². The summed E-state index contributed by atoms with van der Waals surface area (Å²) < 4.78 is 0. The Labute approximate surface area is 108 Å². The Morgan fingerprint density at radius 1 is 1.47 bits per heavy atom. The number of carbonyl (C=O) groups excluding carboxylic acids is 1. The first kappa shape index (κ1) is 12.2. The van der Waals surface area contributed by atoms with Crippen LogP contribution >= 0.6 is 22.9 Å². The largest absolute Gasteiger partial charge is 0.294 e. The minimum atomic E-state index is -0.0221. The zero-order chi connectivity index (χ0) is 12.4. The van der Waals surface area contributed by atoms with Crippen LogP contribution < -0.4 is 0 Å². The van der Waals surface area contributed by atoms with E-state index in [4.69, 9.17) is 11.6 Å². The van der Waals surface area contributed by atoms with Crippen molar-refractivity contribution in [3.05, 3.63) is 44.6 Å². The number of nitrogens with zero attached hydrogens (tertiary/aromatic N) is 2. The summed E-state index contributed by atoms with van der Waals surface area (Å²) in [6.45, 7) is 3.94. The van der Waals surface area contributed by atoms with Crippen molar-refractivity contribution in [3.63, 3.8) is 0 Å². The first-order valence-corrected chi connectivity index (χ1v) is 6.33. The molecule has 88 valence electrons. The third kappa shape index (κ3) is 2.70. The number of Topliss-reactive ketones (excluding diaryl/α,β-unsaturated/α-hetero) is 1. The molecule has 0 bridgehead atoms. The summed E-state index contributed by atoms with van der Waals surface area (Å²) in [5.41, 5.74) is 1.49. The third-order valence-electron chi connectivity index (χ3n) is 2.46. The molecule has 0 aromatic carbocycles. The van der Waals surface area contributed by atoms with E-state index in [-0.39, 0.29) is 5.78 Å². The fourth-order valence-corrected chi connectivity index (χ4v) is 2.61. The molecule has 0 atom stereocenters. The van der Waals surface area contributed by atoms with Crippen molar-refractivity contribution in [2.75, 3.05) is 0 Å². The number of aryl methyl sites for hydroxylation is 2. The summed E-state index contributed by atoms with van der Waals surface area (Å²) in [6, 6.07) is 1.64. The molecule has 2 rings (SSSR count). The highest BCUT2D eigenvalue weighted by molar-refractivity contribution is 7.11. The quantitative estimate of drug-likeness (QED) is 0.801. The van der Waals surface area contributed by atoms with Crippen LogP contribution in [0.5, 0.6) is 0 Å². The molecule has 2 aromatic heterocycles. The Kier molecular flexibility index (Phi) is 3.54. The van der Waals surface area contributed by atoms with Crippen LogP contribution in [-0.2, 0) is 6.42 Å². The molecule has 0 N–H and O–H groups in total. The van der Waals surface area contributed by atoms with Gasteiger partial charge in [-0.2, -0.15) is 0 Å². The number of hydrogen-bond acceptors (Lipinski definition) is 4.